The summed E-state index contributed by atoms with van der Waals surface area (Å²) in [4.78, 5) is 7.11. The Kier molecular flexibility index (Phi) is 5.32. The summed E-state index contributed by atoms with van der Waals surface area (Å²) in [5.74, 6) is -0.439. The highest BCUT2D eigenvalue weighted by atomic mass is 35.5. The van der Waals surface area contributed by atoms with Crippen LogP contribution in [0, 0.1) is 5.92 Å². The zero-order valence-electron chi connectivity index (χ0n) is 12.7. The van der Waals surface area contributed by atoms with E-state index in [2.05, 4.69) is 9.97 Å². The van der Waals surface area contributed by atoms with Crippen molar-refractivity contribution in [3.63, 3.8) is 0 Å². The highest BCUT2D eigenvalue weighted by molar-refractivity contribution is 7.91. The van der Waals surface area contributed by atoms with Crippen molar-refractivity contribution < 1.29 is 21.6 Å². The maximum Gasteiger partial charge on any atom is 0.436 e. The lowest BCUT2D eigenvalue weighted by Gasteiger charge is -2.13. The van der Waals surface area contributed by atoms with Crippen LogP contribution in [0.4, 0.5) is 13.2 Å². The third-order valence-corrected chi connectivity index (χ3v) is 5.57. The topological polar surface area (TPSA) is 59.9 Å². The molecule has 2 aromatic rings. The van der Waals surface area contributed by atoms with Crippen LogP contribution in [-0.2, 0) is 16.0 Å². The summed E-state index contributed by atoms with van der Waals surface area (Å²) in [7, 11) is -4.25. The Hall–Kier alpha value is -1.12. The number of rotatable bonds is 4. The Balaban J connectivity index is 2.72. The van der Waals surface area contributed by atoms with Crippen molar-refractivity contribution in [2.45, 2.75) is 31.5 Å². The standard InChI is InChI=1S/C14H13Cl2F3N2O2S/c1-7(2)3-4-24(22,23)13-12(14(17,18)19)20-10-5-8(15)9(16)6-11(10)21-13/h5-7H,3-4H2,1-2H3. The molecular weight excluding hydrogens is 388 g/mol. The predicted molar refractivity (Wildman–Crippen MR) is 86.1 cm³/mol. The van der Waals surface area contributed by atoms with Crippen LogP contribution in [-0.4, -0.2) is 24.1 Å². The number of fused-ring (bicyclic) bond motifs is 1. The van der Waals surface area contributed by atoms with E-state index < -0.39 is 32.5 Å². The van der Waals surface area contributed by atoms with Gasteiger partial charge < -0.3 is 0 Å². The average molecular weight is 401 g/mol. The fourth-order valence-corrected chi connectivity index (χ4v) is 3.91. The van der Waals surface area contributed by atoms with Gasteiger partial charge in [0.2, 0.25) is 0 Å². The first-order valence-corrected chi connectivity index (χ1v) is 9.29. The van der Waals surface area contributed by atoms with Crippen molar-refractivity contribution >= 4 is 44.1 Å². The normalized spacial score (nSPS) is 13.0. The maximum atomic E-state index is 13.3. The molecule has 0 atom stereocenters. The lowest BCUT2D eigenvalue weighted by molar-refractivity contribution is -0.143. The number of alkyl halides is 3. The summed E-state index contributed by atoms with van der Waals surface area (Å²) in [5, 5.41) is -1.03. The molecule has 24 heavy (non-hydrogen) atoms. The molecule has 0 aliphatic heterocycles. The molecule has 0 amide bonds. The fraction of sp³-hybridized carbons (Fsp3) is 0.429. The molecule has 0 spiro atoms. The first-order valence-electron chi connectivity index (χ1n) is 6.88. The van der Waals surface area contributed by atoms with Gasteiger partial charge in [0.05, 0.1) is 26.8 Å². The molecule has 2 rings (SSSR count). The fourth-order valence-electron chi connectivity index (χ4n) is 1.92. The molecule has 1 aromatic heterocycles. The van der Waals surface area contributed by atoms with Crippen LogP contribution in [0.2, 0.25) is 10.0 Å². The summed E-state index contributed by atoms with van der Waals surface area (Å²) in [6, 6.07) is 2.31. The van der Waals surface area contributed by atoms with E-state index in [1.54, 1.807) is 13.8 Å². The van der Waals surface area contributed by atoms with Gasteiger partial charge in [-0.3, -0.25) is 0 Å². The highest BCUT2D eigenvalue weighted by Gasteiger charge is 2.40. The SMILES string of the molecule is CC(C)CCS(=O)(=O)c1nc2cc(Cl)c(Cl)cc2nc1C(F)(F)F. The zero-order chi connectivity index (χ0) is 18.3. The highest BCUT2D eigenvalue weighted by Crippen LogP contribution is 2.35. The quantitative estimate of drug-likeness (QED) is 0.740. The second-order valence-electron chi connectivity index (χ2n) is 5.63. The Labute approximate surface area is 146 Å². The van der Waals surface area contributed by atoms with Crippen LogP contribution in [0.1, 0.15) is 26.0 Å². The maximum absolute atomic E-state index is 13.3. The number of sulfone groups is 1. The molecule has 0 radical (unpaired) electrons. The Morgan fingerprint density at radius 1 is 1.08 bits per heavy atom. The number of hydrogen-bond donors (Lipinski definition) is 0. The number of benzene rings is 1. The molecule has 4 nitrogen and oxygen atoms in total. The van der Waals surface area contributed by atoms with Gasteiger partial charge in [0.25, 0.3) is 0 Å². The van der Waals surface area contributed by atoms with E-state index in [1.807, 2.05) is 0 Å². The minimum Gasteiger partial charge on any atom is -0.239 e. The number of hydrogen-bond acceptors (Lipinski definition) is 4. The minimum absolute atomic E-state index is 0.00186. The van der Waals surface area contributed by atoms with E-state index in [0.29, 0.717) is 0 Å². The molecule has 132 valence electrons. The summed E-state index contributed by atoms with van der Waals surface area (Å²) in [6.07, 6.45) is -4.76. The lowest BCUT2D eigenvalue weighted by atomic mass is 10.2. The van der Waals surface area contributed by atoms with Crippen molar-refractivity contribution in [1.82, 2.24) is 9.97 Å². The van der Waals surface area contributed by atoms with E-state index in [4.69, 9.17) is 23.2 Å². The molecule has 0 fully saturated rings. The lowest BCUT2D eigenvalue weighted by Crippen LogP contribution is -2.20. The van der Waals surface area contributed by atoms with Gasteiger partial charge in [0.15, 0.2) is 20.6 Å². The molecule has 0 aliphatic rings. The van der Waals surface area contributed by atoms with Crippen molar-refractivity contribution in [2.75, 3.05) is 5.75 Å². The van der Waals surface area contributed by atoms with Crippen LogP contribution in [0.5, 0.6) is 0 Å². The third kappa shape index (κ3) is 4.10. The molecule has 1 aromatic carbocycles. The Morgan fingerprint density at radius 3 is 2.04 bits per heavy atom. The smallest absolute Gasteiger partial charge is 0.239 e. The second kappa shape index (κ2) is 6.65. The van der Waals surface area contributed by atoms with Crippen molar-refractivity contribution in [2.24, 2.45) is 5.92 Å². The molecule has 1 heterocycles. The summed E-state index contributed by atoms with van der Waals surface area (Å²) in [6.45, 7) is 3.54. The van der Waals surface area contributed by atoms with Crippen molar-refractivity contribution in [3.8, 4) is 0 Å². The molecule has 0 N–H and O–H groups in total. The van der Waals surface area contributed by atoms with E-state index in [1.165, 1.54) is 6.07 Å². The van der Waals surface area contributed by atoms with Gasteiger partial charge in [0, 0.05) is 0 Å². The summed E-state index contributed by atoms with van der Waals surface area (Å²) in [5.41, 5.74) is -1.79. The zero-order valence-corrected chi connectivity index (χ0v) is 15.0. The molecule has 10 heteroatoms. The number of halogens is 5. The molecule has 0 unspecified atom stereocenters. The van der Waals surface area contributed by atoms with Crippen LogP contribution >= 0.6 is 23.2 Å². The average Bonchev–Trinajstić information content (AvgIpc) is 2.44. The molecule has 0 aliphatic carbocycles. The molecule has 0 saturated carbocycles. The van der Waals surface area contributed by atoms with Crippen LogP contribution in [0.25, 0.3) is 11.0 Å². The predicted octanol–water partition coefficient (Wildman–Crippen LogP) is 4.78. The monoisotopic (exact) mass is 400 g/mol. The Morgan fingerprint density at radius 2 is 1.58 bits per heavy atom. The first kappa shape index (κ1) is 19.2. The van der Waals surface area contributed by atoms with Gasteiger partial charge in [0.1, 0.15) is 0 Å². The van der Waals surface area contributed by atoms with Gasteiger partial charge in [-0.1, -0.05) is 37.0 Å². The van der Waals surface area contributed by atoms with Gasteiger partial charge in [-0.05, 0) is 24.5 Å². The molecule has 0 saturated heterocycles. The van der Waals surface area contributed by atoms with E-state index in [0.717, 1.165) is 6.07 Å². The second-order valence-corrected chi connectivity index (χ2v) is 8.47. The van der Waals surface area contributed by atoms with Gasteiger partial charge in [-0.2, -0.15) is 13.2 Å². The number of nitrogens with zero attached hydrogens (tertiary/aromatic N) is 2. The van der Waals surface area contributed by atoms with Crippen LogP contribution in [0.15, 0.2) is 17.2 Å². The van der Waals surface area contributed by atoms with Crippen LogP contribution < -0.4 is 0 Å². The molecule has 0 bridgehead atoms. The summed E-state index contributed by atoms with van der Waals surface area (Å²) < 4.78 is 64.5. The van der Waals surface area contributed by atoms with Gasteiger partial charge >= 0.3 is 6.18 Å². The van der Waals surface area contributed by atoms with E-state index >= 15 is 0 Å². The third-order valence-electron chi connectivity index (χ3n) is 3.20. The molecular formula is C14H13Cl2F3N2O2S. The van der Waals surface area contributed by atoms with Crippen molar-refractivity contribution in [3.05, 3.63) is 27.9 Å². The van der Waals surface area contributed by atoms with E-state index in [9.17, 15) is 21.6 Å². The first-order chi connectivity index (χ1) is 10.9. The minimum atomic E-state index is -4.96. The van der Waals surface area contributed by atoms with Crippen molar-refractivity contribution in [1.29, 1.82) is 0 Å². The van der Waals surface area contributed by atoms with Crippen LogP contribution in [0.3, 0.4) is 0 Å². The number of aromatic nitrogens is 2. The van der Waals surface area contributed by atoms with Gasteiger partial charge in [-0.25, -0.2) is 18.4 Å². The van der Waals surface area contributed by atoms with Gasteiger partial charge in [-0.15, -0.1) is 0 Å². The summed E-state index contributed by atoms with van der Waals surface area (Å²) >= 11 is 11.6. The largest absolute Gasteiger partial charge is 0.436 e. The Bertz CT molecular complexity index is 884. The van der Waals surface area contributed by atoms with E-state index in [-0.39, 0.29) is 33.4 Å².